The Kier molecular flexibility index (Phi) is 8.90. The molecule has 2 aromatic carbocycles. The van der Waals surface area contributed by atoms with Crippen LogP contribution >= 0.6 is 0 Å². The number of rotatable bonds is 7. The molecule has 11 nitrogen and oxygen atoms in total. The average Bonchev–Trinajstić information content (AvgIpc) is 2.85. The number of phenolic OH excluding ortho intramolecular Hbond substituents is 2. The van der Waals surface area contributed by atoms with Crippen molar-refractivity contribution >= 4 is 0 Å². The Morgan fingerprint density at radius 3 is 2.26 bits per heavy atom. The van der Waals surface area contributed by atoms with Crippen molar-refractivity contribution < 1.29 is 55.4 Å². The van der Waals surface area contributed by atoms with Crippen LogP contribution in [0.2, 0.25) is 0 Å². The van der Waals surface area contributed by atoms with Crippen LogP contribution in [0.15, 0.2) is 36.4 Å². The van der Waals surface area contributed by atoms with Gasteiger partial charge in [0.15, 0.2) is 17.8 Å². The van der Waals surface area contributed by atoms with Crippen molar-refractivity contribution in [1.29, 1.82) is 0 Å². The molecule has 1 saturated heterocycles. The van der Waals surface area contributed by atoms with Crippen LogP contribution in [0.3, 0.4) is 0 Å². The first-order valence-corrected chi connectivity index (χ1v) is 10.7. The molecule has 35 heavy (non-hydrogen) atoms. The van der Waals surface area contributed by atoms with E-state index in [1.807, 2.05) is 0 Å². The van der Waals surface area contributed by atoms with Gasteiger partial charge in [-0.15, -0.1) is 0 Å². The molecule has 0 spiro atoms. The molecule has 1 heterocycles. The molecule has 0 amide bonds. The maximum Gasteiger partial charge on any atom is 0.187 e. The number of phenols is 3. The summed E-state index contributed by atoms with van der Waals surface area (Å²) in [5.41, 5.74) is 0.748. The van der Waals surface area contributed by atoms with Crippen LogP contribution in [-0.4, -0.2) is 89.4 Å². The summed E-state index contributed by atoms with van der Waals surface area (Å²) in [5.74, 6) is 4.64. The van der Waals surface area contributed by atoms with Gasteiger partial charge in [0, 0.05) is 17.5 Å². The highest BCUT2D eigenvalue weighted by Crippen LogP contribution is 2.30. The number of aromatic hydroxyl groups is 3. The van der Waals surface area contributed by atoms with Gasteiger partial charge in [0.25, 0.3) is 0 Å². The summed E-state index contributed by atoms with van der Waals surface area (Å²) in [4.78, 5) is 0. The van der Waals surface area contributed by atoms with Gasteiger partial charge in [-0.3, -0.25) is 0 Å². The van der Waals surface area contributed by atoms with Gasteiger partial charge in [-0.05, 0) is 35.9 Å². The molecule has 0 aliphatic carbocycles. The molecule has 0 radical (unpaired) electrons. The first-order chi connectivity index (χ1) is 16.7. The fraction of sp³-hybridized carbons (Fsp3) is 0.417. The van der Waals surface area contributed by atoms with Crippen molar-refractivity contribution in [2.45, 2.75) is 55.9 Å². The van der Waals surface area contributed by atoms with Crippen molar-refractivity contribution in [2.24, 2.45) is 0 Å². The maximum absolute atomic E-state index is 11.0. The van der Waals surface area contributed by atoms with Crippen molar-refractivity contribution in [2.75, 3.05) is 6.61 Å². The molecule has 9 N–H and O–H groups in total. The lowest BCUT2D eigenvalue weighted by Crippen LogP contribution is -2.59. The summed E-state index contributed by atoms with van der Waals surface area (Å²) in [7, 11) is 0. The first-order valence-electron chi connectivity index (χ1n) is 10.7. The van der Waals surface area contributed by atoms with E-state index in [0.717, 1.165) is 0 Å². The molecule has 7 unspecified atom stereocenters. The highest BCUT2D eigenvalue weighted by molar-refractivity contribution is 5.46. The second kappa shape index (κ2) is 11.7. The number of aliphatic hydroxyl groups is 6. The first kappa shape index (κ1) is 26.7. The minimum atomic E-state index is -1.71. The predicted octanol–water partition coefficient (Wildman–Crippen LogP) is -1.04. The Labute approximate surface area is 200 Å². The highest BCUT2D eigenvalue weighted by Gasteiger charge is 2.45. The second-order valence-electron chi connectivity index (χ2n) is 8.07. The third-order valence-corrected chi connectivity index (χ3v) is 5.64. The SMILES string of the molecule is OCc1cc(C(O)C(CC#Cc2ccc(O)c(O)c2)OC2OC(CO)C(O)C(O)C2O)ccc1O. The number of hydrogen-bond donors (Lipinski definition) is 9. The van der Waals surface area contributed by atoms with Crippen LogP contribution in [0.5, 0.6) is 17.2 Å². The van der Waals surface area contributed by atoms with Gasteiger partial charge in [-0.25, -0.2) is 0 Å². The Bertz CT molecular complexity index is 1060. The van der Waals surface area contributed by atoms with Crippen LogP contribution in [0.25, 0.3) is 0 Å². The van der Waals surface area contributed by atoms with E-state index in [0.29, 0.717) is 5.56 Å². The smallest absolute Gasteiger partial charge is 0.187 e. The Hall–Kier alpha value is -2.92. The monoisotopic (exact) mass is 492 g/mol. The van der Waals surface area contributed by atoms with Gasteiger partial charge in [0.2, 0.25) is 0 Å². The molecule has 3 rings (SSSR count). The Morgan fingerprint density at radius 1 is 0.886 bits per heavy atom. The number of ether oxygens (including phenoxy) is 2. The molecule has 11 heteroatoms. The standard InChI is InChI=1S/C24H28O11/c25-10-14-9-13(5-7-15(14)27)20(30)18(3-1-2-12-4-6-16(28)17(29)8-12)34-24-23(33)22(32)21(31)19(11-26)35-24/h4-9,18-33H,3,10-11H2. The zero-order valence-electron chi connectivity index (χ0n) is 18.5. The fourth-order valence-electron chi connectivity index (χ4n) is 3.57. The molecule has 2 aromatic rings. The van der Waals surface area contributed by atoms with E-state index in [-0.39, 0.29) is 34.8 Å². The van der Waals surface area contributed by atoms with E-state index >= 15 is 0 Å². The molecule has 0 aromatic heterocycles. The van der Waals surface area contributed by atoms with Crippen molar-refractivity contribution in [3.8, 4) is 29.1 Å². The molecular weight excluding hydrogens is 464 g/mol. The fourth-order valence-corrected chi connectivity index (χ4v) is 3.57. The number of benzene rings is 2. The summed E-state index contributed by atoms with van der Waals surface area (Å²) >= 11 is 0. The summed E-state index contributed by atoms with van der Waals surface area (Å²) in [6.07, 6.45) is -10.5. The lowest BCUT2D eigenvalue weighted by atomic mass is 9.97. The van der Waals surface area contributed by atoms with E-state index < -0.39 is 56.1 Å². The summed E-state index contributed by atoms with van der Waals surface area (Å²) in [6, 6.07) is 7.98. The highest BCUT2D eigenvalue weighted by atomic mass is 16.7. The largest absolute Gasteiger partial charge is 0.508 e. The van der Waals surface area contributed by atoms with E-state index in [2.05, 4.69) is 11.8 Å². The van der Waals surface area contributed by atoms with Crippen molar-refractivity contribution in [3.63, 3.8) is 0 Å². The van der Waals surface area contributed by atoms with E-state index in [4.69, 9.17) is 9.47 Å². The van der Waals surface area contributed by atoms with Crippen molar-refractivity contribution in [1.82, 2.24) is 0 Å². The lowest BCUT2D eigenvalue weighted by Gasteiger charge is -2.41. The van der Waals surface area contributed by atoms with E-state index in [1.54, 1.807) is 0 Å². The Morgan fingerprint density at radius 2 is 1.60 bits per heavy atom. The minimum Gasteiger partial charge on any atom is -0.508 e. The normalized spacial score (nSPS) is 25.9. The molecule has 1 aliphatic heterocycles. The molecule has 190 valence electrons. The molecule has 0 bridgehead atoms. The lowest BCUT2D eigenvalue weighted by molar-refractivity contribution is -0.316. The number of aliphatic hydroxyl groups excluding tert-OH is 6. The summed E-state index contributed by atoms with van der Waals surface area (Å²) in [5, 5.41) is 89.0. The van der Waals surface area contributed by atoms with Gasteiger partial charge in [-0.1, -0.05) is 17.9 Å². The minimum absolute atomic E-state index is 0.152. The quantitative estimate of drug-likeness (QED) is 0.169. The predicted molar refractivity (Wildman–Crippen MR) is 119 cm³/mol. The van der Waals surface area contributed by atoms with Crippen LogP contribution in [0.4, 0.5) is 0 Å². The van der Waals surface area contributed by atoms with Crippen LogP contribution < -0.4 is 0 Å². The molecule has 7 atom stereocenters. The van der Waals surface area contributed by atoms with Crippen LogP contribution in [0, 0.1) is 11.8 Å². The Balaban J connectivity index is 1.87. The van der Waals surface area contributed by atoms with Gasteiger partial charge in [-0.2, -0.15) is 0 Å². The molecule has 0 saturated carbocycles. The van der Waals surface area contributed by atoms with Gasteiger partial charge in [0.1, 0.15) is 42.4 Å². The molecular formula is C24H28O11. The summed E-state index contributed by atoms with van der Waals surface area (Å²) < 4.78 is 11.1. The van der Waals surface area contributed by atoms with E-state index in [9.17, 15) is 46.0 Å². The van der Waals surface area contributed by atoms with Gasteiger partial charge in [0.05, 0.1) is 13.2 Å². The topological polar surface area (TPSA) is 201 Å². The molecule has 1 fully saturated rings. The zero-order valence-corrected chi connectivity index (χ0v) is 18.5. The third-order valence-electron chi connectivity index (χ3n) is 5.64. The van der Waals surface area contributed by atoms with Crippen LogP contribution in [-0.2, 0) is 16.1 Å². The zero-order chi connectivity index (χ0) is 25.7. The summed E-state index contributed by atoms with van der Waals surface area (Å²) in [6.45, 7) is -1.16. The van der Waals surface area contributed by atoms with Gasteiger partial charge >= 0.3 is 0 Å². The van der Waals surface area contributed by atoms with Crippen molar-refractivity contribution in [3.05, 3.63) is 53.1 Å². The number of hydrogen-bond acceptors (Lipinski definition) is 11. The van der Waals surface area contributed by atoms with Crippen LogP contribution in [0.1, 0.15) is 29.2 Å². The van der Waals surface area contributed by atoms with E-state index in [1.165, 1.54) is 36.4 Å². The maximum atomic E-state index is 11.0. The second-order valence-corrected chi connectivity index (χ2v) is 8.07. The molecule has 1 aliphatic rings. The average molecular weight is 492 g/mol. The third kappa shape index (κ3) is 6.21. The van der Waals surface area contributed by atoms with Gasteiger partial charge < -0.3 is 55.4 Å².